The van der Waals surface area contributed by atoms with Gasteiger partial charge in [-0.05, 0) is 25.3 Å². The van der Waals surface area contributed by atoms with Crippen molar-refractivity contribution >= 4 is 5.78 Å². The molecule has 0 amide bonds. The van der Waals surface area contributed by atoms with Crippen LogP contribution in [0.4, 0.5) is 0 Å². The Morgan fingerprint density at radius 3 is 2.76 bits per heavy atom. The van der Waals surface area contributed by atoms with Crippen molar-refractivity contribution in [3.05, 3.63) is 35.9 Å². The third kappa shape index (κ3) is 1.91. The Hall–Kier alpha value is -1.15. The van der Waals surface area contributed by atoms with E-state index in [9.17, 15) is 4.79 Å². The summed E-state index contributed by atoms with van der Waals surface area (Å²) in [6, 6.07) is 11.7. The van der Waals surface area contributed by atoms with Gasteiger partial charge in [0.2, 0.25) is 0 Å². The molecule has 1 saturated carbocycles. The summed E-state index contributed by atoms with van der Waals surface area (Å²) in [6.07, 6.45) is 4.30. The van der Waals surface area contributed by atoms with Crippen LogP contribution in [0.2, 0.25) is 0 Å². The Balaban J connectivity index is 1.77. The Morgan fingerprint density at radius 1 is 1.24 bits per heavy atom. The molecular weight excluding hydrogens is 210 g/mol. The van der Waals surface area contributed by atoms with E-state index >= 15 is 0 Å². The lowest BCUT2D eigenvalue weighted by atomic mass is 10.1. The van der Waals surface area contributed by atoms with Gasteiger partial charge >= 0.3 is 0 Å². The maximum Gasteiger partial charge on any atom is 0.151 e. The van der Waals surface area contributed by atoms with Gasteiger partial charge in [-0.3, -0.25) is 9.69 Å². The van der Waals surface area contributed by atoms with Crippen molar-refractivity contribution in [2.45, 2.75) is 50.7 Å². The Kier molecular flexibility index (Phi) is 2.75. The summed E-state index contributed by atoms with van der Waals surface area (Å²) in [5.74, 6) is 0.468. The lowest BCUT2D eigenvalue weighted by molar-refractivity contribution is -0.119. The number of hydrogen-bond acceptors (Lipinski definition) is 2. The van der Waals surface area contributed by atoms with Crippen molar-refractivity contribution < 1.29 is 4.79 Å². The van der Waals surface area contributed by atoms with E-state index in [2.05, 4.69) is 36.1 Å². The predicted molar refractivity (Wildman–Crippen MR) is 67.7 cm³/mol. The van der Waals surface area contributed by atoms with Crippen molar-refractivity contribution in [1.82, 2.24) is 4.90 Å². The molecule has 1 aliphatic heterocycles. The summed E-state index contributed by atoms with van der Waals surface area (Å²) in [6.45, 7) is 2.22. The quantitative estimate of drug-likeness (QED) is 0.727. The molecular formula is C15H19NO. The van der Waals surface area contributed by atoms with Gasteiger partial charge in [0.15, 0.2) is 5.78 Å². The van der Waals surface area contributed by atoms with Gasteiger partial charge < -0.3 is 0 Å². The van der Waals surface area contributed by atoms with Crippen molar-refractivity contribution in [2.75, 3.05) is 0 Å². The van der Waals surface area contributed by atoms with Crippen LogP contribution in [0, 0.1) is 0 Å². The monoisotopic (exact) mass is 229 g/mol. The minimum absolute atomic E-state index is 0.229. The average Bonchev–Trinajstić information content (AvgIpc) is 3.10. The highest BCUT2D eigenvalue weighted by molar-refractivity contribution is 5.88. The second-order valence-corrected chi connectivity index (χ2v) is 5.26. The second kappa shape index (κ2) is 4.26. The molecule has 1 unspecified atom stereocenters. The molecule has 1 aliphatic carbocycles. The van der Waals surface area contributed by atoms with Crippen LogP contribution >= 0.6 is 0 Å². The first-order valence-electron chi connectivity index (χ1n) is 6.64. The summed E-state index contributed by atoms with van der Waals surface area (Å²) < 4.78 is 0. The van der Waals surface area contributed by atoms with E-state index < -0.39 is 0 Å². The number of fused-ring (bicyclic) bond motifs is 1. The van der Waals surface area contributed by atoms with E-state index in [0.717, 1.165) is 12.8 Å². The van der Waals surface area contributed by atoms with E-state index in [1.54, 1.807) is 0 Å². The first kappa shape index (κ1) is 11.0. The van der Waals surface area contributed by atoms with Crippen LogP contribution in [-0.4, -0.2) is 22.8 Å². The molecule has 17 heavy (non-hydrogen) atoms. The molecule has 90 valence electrons. The molecule has 2 nitrogen and oxygen atoms in total. The number of ketones is 1. The zero-order valence-electron chi connectivity index (χ0n) is 10.3. The molecule has 0 radical (unpaired) electrons. The van der Waals surface area contributed by atoms with Crippen LogP contribution in [0.15, 0.2) is 30.3 Å². The van der Waals surface area contributed by atoms with Gasteiger partial charge in [0.25, 0.3) is 0 Å². The van der Waals surface area contributed by atoms with Crippen molar-refractivity contribution in [1.29, 1.82) is 0 Å². The first-order chi connectivity index (χ1) is 8.29. The summed E-state index contributed by atoms with van der Waals surface area (Å²) in [5.41, 5.74) is 1.33. The topological polar surface area (TPSA) is 20.1 Å². The predicted octanol–water partition coefficient (Wildman–Crippen LogP) is 2.94. The minimum atomic E-state index is 0.229. The third-order valence-corrected chi connectivity index (χ3v) is 4.21. The standard InChI is InChI=1S/C15H19NO/c1-11(12-7-3-2-4-8-12)16-13-9-5-6-10-14(17)15(13)16/h2-4,7-8,11,13,15H,5-6,9-10H2,1H3/t11-,13?,15+,16+/m1/s1. The largest absolute Gasteiger partial charge is 0.298 e. The Labute approximate surface area is 103 Å². The number of benzene rings is 1. The number of nitrogens with zero attached hydrogens (tertiary/aromatic N) is 1. The van der Waals surface area contributed by atoms with Gasteiger partial charge in [0.1, 0.15) is 0 Å². The molecule has 0 N–H and O–H groups in total. The third-order valence-electron chi connectivity index (χ3n) is 4.21. The van der Waals surface area contributed by atoms with Crippen molar-refractivity contribution in [3.63, 3.8) is 0 Å². The fourth-order valence-corrected chi connectivity index (χ4v) is 3.22. The van der Waals surface area contributed by atoms with Gasteiger partial charge in [-0.1, -0.05) is 36.8 Å². The number of carbonyl (C=O) groups is 1. The number of carbonyl (C=O) groups excluding carboxylic acids is 1. The van der Waals surface area contributed by atoms with E-state index in [1.165, 1.54) is 18.4 Å². The molecule has 4 atom stereocenters. The SMILES string of the molecule is C[C@H](c1ccccc1)[N@@]1C2CCCCC(=O)[C@H]21. The van der Waals surface area contributed by atoms with Crippen LogP contribution in [0.3, 0.4) is 0 Å². The normalized spacial score (nSPS) is 33.7. The minimum Gasteiger partial charge on any atom is -0.298 e. The highest BCUT2D eigenvalue weighted by Gasteiger charge is 2.54. The molecule has 3 rings (SSSR count). The van der Waals surface area contributed by atoms with Crippen molar-refractivity contribution in [3.8, 4) is 0 Å². The maximum atomic E-state index is 12.0. The Bertz CT molecular complexity index is 414. The fraction of sp³-hybridized carbons (Fsp3) is 0.533. The molecule has 1 heterocycles. The zero-order chi connectivity index (χ0) is 11.8. The van der Waals surface area contributed by atoms with Crippen LogP contribution < -0.4 is 0 Å². The molecule has 1 aromatic carbocycles. The molecule has 0 aromatic heterocycles. The Morgan fingerprint density at radius 2 is 2.00 bits per heavy atom. The zero-order valence-corrected chi connectivity index (χ0v) is 10.3. The smallest absolute Gasteiger partial charge is 0.151 e. The lowest BCUT2D eigenvalue weighted by Gasteiger charge is -2.16. The van der Waals surface area contributed by atoms with Gasteiger partial charge in [-0.15, -0.1) is 0 Å². The lowest BCUT2D eigenvalue weighted by Crippen LogP contribution is -2.15. The summed E-state index contributed by atoms with van der Waals surface area (Å²) >= 11 is 0. The first-order valence-corrected chi connectivity index (χ1v) is 6.64. The molecule has 0 bridgehead atoms. The summed E-state index contributed by atoms with van der Waals surface area (Å²) in [5, 5.41) is 0. The van der Waals surface area contributed by atoms with Crippen LogP contribution in [0.5, 0.6) is 0 Å². The van der Waals surface area contributed by atoms with Gasteiger partial charge in [0, 0.05) is 18.5 Å². The van der Waals surface area contributed by atoms with Crippen LogP contribution in [0.25, 0.3) is 0 Å². The van der Waals surface area contributed by atoms with Gasteiger partial charge in [-0.25, -0.2) is 0 Å². The number of hydrogen-bond donors (Lipinski definition) is 0. The van der Waals surface area contributed by atoms with Gasteiger partial charge in [-0.2, -0.15) is 0 Å². The van der Waals surface area contributed by atoms with E-state index in [-0.39, 0.29) is 6.04 Å². The van der Waals surface area contributed by atoms with E-state index in [1.807, 2.05) is 6.07 Å². The van der Waals surface area contributed by atoms with Gasteiger partial charge in [0.05, 0.1) is 6.04 Å². The van der Waals surface area contributed by atoms with E-state index in [0.29, 0.717) is 17.9 Å². The maximum absolute atomic E-state index is 12.0. The second-order valence-electron chi connectivity index (χ2n) is 5.26. The average molecular weight is 229 g/mol. The number of rotatable bonds is 2. The fourth-order valence-electron chi connectivity index (χ4n) is 3.22. The molecule has 2 heteroatoms. The molecule has 1 aromatic rings. The molecule has 1 saturated heterocycles. The van der Waals surface area contributed by atoms with Crippen LogP contribution in [0.1, 0.15) is 44.2 Å². The van der Waals surface area contributed by atoms with E-state index in [4.69, 9.17) is 0 Å². The summed E-state index contributed by atoms with van der Waals surface area (Å²) in [7, 11) is 0. The molecule has 2 aliphatic rings. The molecule has 2 fully saturated rings. The molecule has 0 spiro atoms. The summed E-state index contributed by atoms with van der Waals surface area (Å²) in [4.78, 5) is 14.4. The van der Waals surface area contributed by atoms with Crippen molar-refractivity contribution in [2.24, 2.45) is 0 Å². The number of Topliss-reactive ketones (excluding diaryl/α,β-unsaturated/α-hetero) is 1. The van der Waals surface area contributed by atoms with Crippen LogP contribution in [-0.2, 0) is 4.79 Å². The number of likely N-dealkylation sites (tertiary alicyclic amines) is 1. The highest BCUT2D eigenvalue weighted by Crippen LogP contribution is 2.43. The highest BCUT2D eigenvalue weighted by atomic mass is 16.1.